The van der Waals surface area contributed by atoms with Crippen molar-refractivity contribution in [3.05, 3.63) is 16.7 Å². The Morgan fingerprint density at radius 2 is 2.39 bits per heavy atom. The van der Waals surface area contributed by atoms with Crippen molar-refractivity contribution in [3.8, 4) is 0 Å². The van der Waals surface area contributed by atoms with Gasteiger partial charge < -0.3 is 15.6 Å². The molecule has 1 saturated heterocycles. The molecular formula is C11H15ClN4O2. The third kappa shape index (κ3) is 2.70. The number of nitrogens with zero attached hydrogens (tertiary/aromatic N) is 1. The summed E-state index contributed by atoms with van der Waals surface area (Å²) in [4.78, 5) is 30.3. The number of aryl methyl sites for hydroxylation is 1. The molecule has 1 amide bonds. The molecule has 0 spiro atoms. The van der Waals surface area contributed by atoms with Crippen LogP contribution in [0, 0.1) is 0 Å². The lowest BCUT2D eigenvalue weighted by atomic mass is 10.1. The number of halogens is 1. The van der Waals surface area contributed by atoms with Gasteiger partial charge in [0.25, 0.3) is 5.91 Å². The predicted octanol–water partition coefficient (Wildman–Crippen LogP) is 0.286. The molecular weight excluding hydrogens is 256 g/mol. The number of ketones is 1. The zero-order chi connectivity index (χ0) is 13.1. The maximum Gasteiger partial charge on any atom is 0.287 e. The molecule has 6 nitrogen and oxygen atoms in total. The van der Waals surface area contributed by atoms with Gasteiger partial charge in [-0.05, 0) is 19.4 Å². The molecule has 1 aliphatic rings. The van der Waals surface area contributed by atoms with Crippen LogP contribution in [0.15, 0.2) is 0 Å². The summed E-state index contributed by atoms with van der Waals surface area (Å²) in [6.45, 7) is 2.93. The fourth-order valence-corrected chi connectivity index (χ4v) is 2.12. The Morgan fingerprint density at radius 1 is 1.61 bits per heavy atom. The third-order valence-corrected chi connectivity index (χ3v) is 3.21. The molecule has 0 aromatic carbocycles. The number of hydrogen-bond acceptors (Lipinski definition) is 4. The predicted molar refractivity (Wildman–Crippen MR) is 66.7 cm³/mol. The normalized spacial score (nSPS) is 19.9. The molecule has 98 valence electrons. The maximum absolute atomic E-state index is 11.9. The van der Waals surface area contributed by atoms with Gasteiger partial charge in [0.1, 0.15) is 0 Å². The number of carbonyl (C=O) groups excluding carboxylic acids is 2. The number of carbonyl (C=O) groups is 2. The highest BCUT2D eigenvalue weighted by molar-refractivity contribution is 6.30. The largest absolute Gasteiger partial charge is 0.339 e. The number of hydrogen-bond donors (Lipinski definition) is 3. The van der Waals surface area contributed by atoms with E-state index in [-0.39, 0.29) is 11.6 Å². The van der Waals surface area contributed by atoms with Crippen LogP contribution in [-0.4, -0.2) is 40.8 Å². The standard InChI is InChI=1S/C11H15ClN4O2/c1-2-6-9(12)16-10(14-6)11(18)15-7-3-4-13-5-8(7)17/h7,13H,2-5H2,1H3,(H,14,16)(H,15,18). The molecule has 1 aromatic rings. The minimum absolute atomic E-state index is 0.0111. The Morgan fingerprint density at radius 3 is 3.00 bits per heavy atom. The highest BCUT2D eigenvalue weighted by Gasteiger charge is 2.25. The second-order valence-corrected chi connectivity index (χ2v) is 4.52. The lowest BCUT2D eigenvalue weighted by Gasteiger charge is -2.21. The molecule has 1 aliphatic heterocycles. The Balaban J connectivity index is 2.04. The molecule has 1 aromatic heterocycles. The van der Waals surface area contributed by atoms with E-state index in [1.165, 1.54) is 0 Å². The van der Waals surface area contributed by atoms with Gasteiger partial charge in [-0.25, -0.2) is 4.98 Å². The van der Waals surface area contributed by atoms with Crippen LogP contribution in [0.1, 0.15) is 29.7 Å². The summed E-state index contributed by atoms with van der Waals surface area (Å²) in [5.41, 5.74) is 0.721. The van der Waals surface area contributed by atoms with Crippen LogP contribution in [0.3, 0.4) is 0 Å². The van der Waals surface area contributed by atoms with Crippen LogP contribution in [0.2, 0.25) is 5.15 Å². The van der Waals surface area contributed by atoms with Gasteiger partial charge in [0.2, 0.25) is 0 Å². The van der Waals surface area contributed by atoms with Crippen LogP contribution >= 0.6 is 11.6 Å². The summed E-state index contributed by atoms with van der Waals surface area (Å²) in [5, 5.41) is 5.93. The minimum Gasteiger partial charge on any atom is -0.339 e. The summed E-state index contributed by atoms with van der Waals surface area (Å²) in [6, 6.07) is -0.437. The van der Waals surface area contributed by atoms with Crippen molar-refractivity contribution in [1.82, 2.24) is 20.6 Å². The van der Waals surface area contributed by atoms with E-state index in [2.05, 4.69) is 20.6 Å². The van der Waals surface area contributed by atoms with Crippen molar-refractivity contribution >= 4 is 23.3 Å². The first kappa shape index (κ1) is 13.0. The van der Waals surface area contributed by atoms with Crippen LogP contribution in [0.25, 0.3) is 0 Å². The number of aromatic amines is 1. The SMILES string of the molecule is CCc1[nH]c(C(=O)NC2CCNCC2=O)nc1Cl. The van der Waals surface area contributed by atoms with Crippen molar-refractivity contribution in [2.24, 2.45) is 0 Å². The molecule has 3 N–H and O–H groups in total. The number of imidazole rings is 1. The van der Waals surface area contributed by atoms with Gasteiger partial charge >= 0.3 is 0 Å². The molecule has 2 rings (SSSR count). The lowest BCUT2D eigenvalue weighted by molar-refractivity contribution is -0.121. The zero-order valence-corrected chi connectivity index (χ0v) is 10.8. The Hall–Kier alpha value is -1.40. The molecule has 0 bridgehead atoms. The van der Waals surface area contributed by atoms with E-state index in [0.717, 1.165) is 12.2 Å². The number of piperidine rings is 1. The number of Topliss-reactive ketones (excluding diaryl/α,β-unsaturated/α-hetero) is 1. The topological polar surface area (TPSA) is 86.9 Å². The summed E-state index contributed by atoms with van der Waals surface area (Å²) < 4.78 is 0. The second kappa shape index (κ2) is 5.49. The number of aromatic nitrogens is 2. The number of amides is 1. The van der Waals surface area contributed by atoms with Gasteiger partial charge in [-0.1, -0.05) is 18.5 Å². The highest BCUT2D eigenvalue weighted by atomic mass is 35.5. The fraction of sp³-hybridized carbons (Fsp3) is 0.545. The third-order valence-electron chi connectivity index (χ3n) is 2.90. The van der Waals surface area contributed by atoms with Gasteiger partial charge in [-0.3, -0.25) is 9.59 Å². The molecule has 0 saturated carbocycles. The number of rotatable bonds is 3. The molecule has 1 unspecified atom stereocenters. The number of nitrogens with one attached hydrogen (secondary N) is 3. The van der Waals surface area contributed by atoms with Gasteiger partial charge in [0.05, 0.1) is 18.3 Å². The summed E-state index contributed by atoms with van der Waals surface area (Å²) >= 11 is 5.86. The van der Waals surface area contributed by atoms with E-state index in [0.29, 0.717) is 24.5 Å². The zero-order valence-electron chi connectivity index (χ0n) is 10.0. The van der Waals surface area contributed by atoms with Crippen LogP contribution in [-0.2, 0) is 11.2 Å². The van der Waals surface area contributed by atoms with Crippen molar-refractivity contribution in [2.45, 2.75) is 25.8 Å². The minimum atomic E-state index is -0.437. The van der Waals surface area contributed by atoms with Crippen molar-refractivity contribution in [3.63, 3.8) is 0 Å². The Labute approximate surface area is 109 Å². The first-order valence-corrected chi connectivity index (χ1v) is 6.28. The Bertz CT molecular complexity index is 472. The second-order valence-electron chi connectivity index (χ2n) is 4.17. The van der Waals surface area contributed by atoms with Gasteiger partial charge in [-0.2, -0.15) is 0 Å². The van der Waals surface area contributed by atoms with Crippen molar-refractivity contribution in [1.29, 1.82) is 0 Å². The monoisotopic (exact) mass is 270 g/mol. The average molecular weight is 271 g/mol. The maximum atomic E-state index is 11.9. The molecule has 18 heavy (non-hydrogen) atoms. The van der Waals surface area contributed by atoms with E-state index >= 15 is 0 Å². The van der Waals surface area contributed by atoms with E-state index < -0.39 is 11.9 Å². The molecule has 1 fully saturated rings. The average Bonchev–Trinajstić information content (AvgIpc) is 2.73. The quantitative estimate of drug-likeness (QED) is 0.737. The van der Waals surface area contributed by atoms with Gasteiger partial charge in [0.15, 0.2) is 16.8 Å². The summed E-state index contributed by atoms with van der Waals surface area (Å²) in [7, 11) is 0. The van der Waals surface area contributed by atoms with Gasteiger partial charge in [-0.15, -0.1) is 0 Å². The molecule has 1 atom stereocenters. The van der Waals surface area contributed by atoms with E-state index in [9.17, 15) is 9.59 Å². The molecule has 7 heteroatoms. The summed E-state index contributed by atoms with van der Waals surface area (Å²) in [6.07, 6.45) is 1.27. The first-order valence-electron chi connectivity index (χ1n) is 5.90. The van der Waals surface area contributed by atoms with E-state index in [1.54, 1.807) is 0 Å². The van der Waals surface area contributed by atoms with Crippen molar-refractivity contribution < 1.29 is 9.59 Å². The van der Waals surface area contributed by atoms with E-state index in [4.69, 9.17) is 11.6 Å². The van der Waals surface area contributed by atoms with Gasteiger partial charge in [0, 0.05) is 0 Å². The smallest absolute Gasteiger partial charge is 0.287 e. The molecule has 0 radical (unpaired) electrons. The fourth-order valence-electron chi connectivity index (χ4n) is 1.85. The van der Waals surface area contributed by atoms with Crippen molar-refractivity contribution in [2.75, 3.05) is 13.1 Å². The first-order chi connectivity index (χ1) is 8.61. The van der Waals surface area contributed by atoms with Crippen LogP contribution < -0.4 is 10.6 Å². The summed E-state index contributed by atoms with van der Waals surface area (Å²) in [5.74, 6) is -0.247. The lowest BCUT2D eigenvalue weighted by Crippen LogP contribution is -2.50. The molecule has 2 heterocycles. The van der Waals surface area contributed by atoms with Crippen LogP contribution in [0.4, 0.5) is 0 Å². The van der Waals surface area contributed by atoms with E-state index in [1.807, 2.05) is 6.92 Å². The molecule has 0 aliphatic carbocycles. The Kier molecular flexibility index (Phi) is 3.98. The highest BCUT2D eigenvalue weighted by Crippen LogP contribution is 2.13. The number of H-pyrrole nitrogens is 1. The van der Waals surface area contributed by atoms with Crippen LogP contribution in [0.5, 0.6) is 0 Å².